The van der Waals surface area contributed by atoms with Crippen LogP contribution in [0.15, 0.2) is 29.9 Å². The third-order valence-corrected chi connectivity index (χ3v) is 5.05. The van der Waals surface area contributed by atoms with E-state index in [-0.39, 0.29) is 12.1 Å². The second kappa shape index (κ2) is 7.61. The van der Waals surface area contributed by atoms with Crippen LogP contribution in [0.25, 0.3) is 0 Å². The number of pyridine rings is 1. The first kappa shape index (κ1) is 16.7. The van der Waals surface area contributed by atoms with Crippen molar-refractivity contribution in [2.75, 3.05) is 13.1 Å². The lowest BCUT2D eigenvalue weighted by Crippen LogP contribution is -2.39. The van der Waals surface area contributed by atoms with E-state index in [1.807, 2.05) is 17.5 Å². The number of nitrogens with zero attached hydrogens (tertiary/aromatic N) is 3. The first-order valence-corrected chi connectivity index (χ1v) is 9.03. The van der Waals surface area contributed by atoms with Crippen molar-refractivity contribution in [2.45, 2.75) is 38.8 Å². The maximum absolute atomic E-state index is 12.3. The third kappa shape index (κ3) is 4.23. The van der Waals surface area contributed by atoms with Gasteiger partial charge in [0.2, 0.25) is 0 Å². The Hall–Kier alpha value is -2.15. The molecule has 1 aliphatic heterocycles. The van der Waals surface area contributed by atoms with Crippen molar-refractivity contribution in [3.63, 3.8) is 0 Å². The highest BCUT2D eigenvalue weighted by molar-refractivity contribution is 7.09. The number of ether oxygens (including phenoxy) is 1. The van der Waals surface area contributed by atoms with Crippen molar-refractivity contribution in [1.82, 2.24) is 20.2 Å². The van der Waals surface area contributed by atoms with Gasteiger partial charge in [-0.25, -0.2) is 9.78 Å². The number of amides is 2. The normalized spacial score (nSPS) is 17.3. The van der Waals surface area contributed by atoms with Gasteiger partial charge in [0, 0.05) is 30.5 Å². The standard InChI is InChI=1S/C17H22N4O2S/c1-12(2)16-20-13(11-24-16)8-19-17(22)21-7-5-15(10-21)23-14-4-3-6-18-9-14/h3-4,6,9,11-12,15H,5,7-8,10H2,1-2H3,(H,19,22). The Balaban J connectivity index is 1.46. The highest BCUT2D eigenvalue weighted by Gasteiger charge is 2.27. The van der Waals surface area contributed by atoms with Crippen LogP contribution in [0, 0.1) is 0 Å². The van der Waals surface area contributed by atoms with Crippen LogP contribution in [0.2, 0.25) is 0 Å². The van der Waals surface area contributed by atoms with Gasteiger partial charge in [-0.3, -0.25) is 4.98 Å². The van der Waals surface area contributed by atoms with Crippen LogP contribution in [-0.4, -0.2) is 40.1 Å². The third-order valence-electron chi connectivity index (χ3n) is 3.85. The fourth-order valence-corrected chi connectivity index (χ4v) is 3.40. The summed E-state index contributed by atoms with van der Waals surface area (Å²) >= 11 is 1.64. The van der Waals surface area contributed by atoms with E-state index in [0.717, 1.165) is 22.9 Å². The summed E-state index contributed by atoms with van der Waals surface area (Å²) in [6.45, 7) is 5.99. The van der Waals surface area contributed by atoms with Gasteiger partial charge in [-0.15, -0.1) is 11.3 Å². The summed E-state index contributed by atoms with van der Waals surface area (Å²) in [5, 5.41) is 6.05. The van der Waals surface area contributed by atoms with Crippen LogP contribution in [0.4, 0.5) is 4.79 Å². The highest BCUT2D eigenvalue weighted by atomic mass is 32.1. The second-order valence-corrected chi connectivity index (χ2v) is 7.04. The van der Waals surface area contributed by atoms with E-state index in [9.17, 15) is 4.79 Å². The number of likely N-dealkylation sites (tertiary alicyclic amines) is 1. The number of carbonyl (C=O) groups excluding carboxylic acids is 1. The van der Waals surface area contributed by atoms with Gasteiger partial charge in [0.15, 0.2) is 0 Å². The van der Waals surface area contributed by atoms with Gasteiger partial charge in [-0.05, 0) is 12.1 Å². The van der Waals surface area contributed by atoms with Gasteiger partial charge >= 0.3 is 6.03 Å². The number of nitrogens with one attached hydrogen (secondary N) is 1. The van der Waals surface area contributed by atoms with Crippen LogP contribution in [0.3, 0.4) is 0 Å². The molecular formula is C17H22N4O2S. The molecule has 1 fully saturated rings. The van der Waals surface area contributed by atoms with Gasteiger partial charge < -0.3 is 15.0 Å². The van der Waals surface area contributed by atoms with Gasteiger partial charge in [-0.1, -0.05) is 13.8 Å². The van der Waals surface area contributed by atoms with Crippen LogP contribution >= 0.6 is 11.3 Å². The molecule has 128 valence electrons. The maximum Gasteiger partial charge on any atom is 0.317 e. The molecule has 3 rings (SSSR count). The Morgan fingerprint density at radius 1 is 1.54 bits per heavy atom. The van der Waals surface area contributed by atoms with E-state index in [1.54, 1.807) is 28.6 Å². The number of aromatic nitrogens is 2. The Bertz CT molecular complexity index is 674. The molecule has 1 unspecified atom stereocenters. The SMILES string of the molecule is CC(C)c1nc(CNC(=O)N2CCC(Oc3cccnc3)C2)cs1. The van der Waals surface area contributed by atoms with Gasteiger partial charge in [-0.2, -0.15) is 0 Å². The number of carbonyl (C=O) groups is 1. The minimum Gasteiger partial charge on any atom is -0.487 e. The van der Waals surface area contributed by atoms with Crippen LogP contribution in [0.1, 0.15) is 36.9 Å². The predicted octanol–water partition coefficient (Wildman–Crippen LogP) is 3.02. The quantitative estimate of drug-likeness (QED) is 0.904. The van der Waals surface area contributed by atoms with Gasteiger partial charge in [0.05, 0.1) is 30.0 Å². The molecule has 1 atom stereocenters. The first-order chi connectivity index (χ1) is 11.6. The Kier molecular flexibility index (Phi) is 5.30. The molecule has 2 aromatic rings. The van der Waals surface area contributed by atoms with Crippen molar-refractivity contribution >= 4 is 17.4 Å². The summed E-state index contributed by atoms with van der Waals surface area (Å²) in [4.78, 5) is 22.6. The average Bonchev–Trinajstić information content (AvgIpc) is 3.23. The lowest BCUT2D eigenvalue weighted by molar-refractivity contribution is 0.186. The number of urea groups is 1. The molecule has 0 radical (unpaired) electrons. The molecule has 0 aliphatic carbocycles. The molecule has 7 heteroatoms. The van der Waals surface area contributed by atoms with E-state index < -0.39 is 0 Å². The second-order valence-electron chi connectivity index (χ2n) is 6.15. The molecule has 1 N–H and O–H groups in total. The van der Waals surface area contributed by atoms with Gasteiger partial charge in [0.25, 0.3) is 0 Å². The Labute approximate surface area is 145 Å². The fourth-order valence-electron chi connectivity index (χ4n) is 2.57. The van der Waals surface area contributed by atoms with Crippen LogP contribution in [0.5, 0.6) is 5.75 Å². The molecule has 0 bridgehead atoms. The lowest BCUT2D eigenvalue weighted by Gasteiger charge is -2.17. The summed E-state index contributed by atoms with van der Waals surface area (Å²) in [6, 6.07) is 3.66. The van der Waals surface area contributed by atoms with E-state index in [2.05, 4.69) is 29.1 Å². The predicted molar refractivity (Wildman–Crippen MR) is 93.3 cm³/mol. The molecule has 0 saturated carbocycles. The van der Waals surface area contributed by atoms with E-state index in [0.29, 0.717) is 25.6 Å². The molecule has 2 aromatic heterocycles. The molecule has 6 nitrogen and oxygen atoms in total. The maximum atomic E-state index is 12.3. The topological polar surface area (TPSA) is 67.4 Å². The highest BCUT2D eigenvalue weighted by Crippen LogP contribution is 2.20. The zero-order chi connectivity index (χ0) is 16.9. The van der Waals surface area contributed by atoms with E-state index in [4.69, 9.17) is 4.74 Å². The molecule has 2 amide bonds. The Morgan fingerprint density at radius 3 is 3.12 bits per heavy atom. The molecule has 1 aliphatic rings. The first-order valence-electron chi connectivity index (χ1n) is 8.15. The monoisotopic (exact) mass is 346 g/mol. The zero-order valence-electron chi connectivity index (χ0n) is 13.9. The molecule has 24 heavy (non-hydrogen) atoms. The summed E-state index contributed by atoms with van der Waals surface area (Å²) in [7, 11) is 0. The van der Waals surface area contributed by atoms with E-state index >= 15 is 0 Å². The molecule has 1 saturated heterocycles. The minimum absolute atomic E-state index is 0.0202. The zero-order valence-corrected chi connectivity index (χ0v) is 14.8. The molecule has 3 heterocycles. The summed E-state index contributed by atoms with van der Waals surface area (Å²) < 4.78 is 5.85. The van der Waals surface area contributed by atoms with Crippen molar-refractivity contribution in [3.8, 4) is 5.75 Å². The summed E-state index contributed by atoms with van der Waals surface area (Å²) in [6.07, 6.45) is 4.25. The number of rotatable bonds is 5. The average molecular weight is 346 g/mol. The Morgan fingerprint density at radius 2 is 2.42 bits per heavy atom. The number of hydrogen-bond donors (Lipinski definition) is 1. The van der Waals surface area contributed by atoms with Gasteiger partial charge in [0.1, 0.15) is 11.9 Å². The molecule has 0 spiro atoms. The van der Waals surface area contributed by atoms with Crippen molar-refractivity contribution in [1.29, 1.82) is 0 Å². The van der Waals surface area contributed by atoms with Crippen molar-refractivity contribution in [2.24, 2.45) is 0 Å². The minimum atomic E-state index is -0.0635. The number of hydrogen-bond acceptors (Lipinski definition) is 5. The summed E-state index contributed by atoms with van der Waals surface area (Å²) in [5.41, 5.74) is 0.916. The lowest BCUT2D eigenvalue weighted by atomic mass is 10.2. The smallest absolute Gasteiger partial charge is 0.317 e. The summed E-state index contributed by atoms with van der Waals surface area (Å²) in [5.74, 6) is 1.16. The van der Waals surface area contributed by atoms with Crippen molar-refractivity contribution in [3.05, 3.63) is 40.6 Å². The van der Waals surface area contributed by atoms with Crippen molar-refractivity contribution < 1.29 is 9.53 Å². The number of thiazole rings is 1. The fraction of sp³-hybridized carbons (Fsp3) is 0.471. The van der Waals surface area contributed by atoms with Crippen LogP contribution in [-0.2, 0) is 6.54 Å². The largest absolute Gasteiger partial charge is 0.487 e. The molecular weight excluding hydrogens is 324 g/mol. The van der Waals surface area contributed by atoms with E-state index in [1.165, 1.54) is 0 Å². The van der Waals surface area contributed by atoms with Crippen LogP contribution < -0.4 is 10.1 Å². The molecule has 0 aromatic carbocycles.